The molecule has 2 rings (SSSR count). The molecule has 1 fully saturated rings. The molecule has 0 radical (unpaired) electrons. The number of rotatable bonds is 4. The number of nitrogens with one attached hydrogen (secondary N) is 1. The first kappa shape index (κ1) is 15.0. The van der Waals surface area contributed by atoms with Crippen LogP contribution in [0.3, 0.4) is 0 Å². The van der Waals surface area contributed by atoms with E-state index in [0.29, 0.717) is 11.6 Å². The molecule has 0 bridgehead atoms. The predicted octanol–water partition coefficient (Wildman–Crippen LogP) is 1.58. The van der Waals surface area contributed by atoms with Crippen LogP contribution in [0.5, 0.6) is 0 Å². The Bertz CT molecular complexity index is 447. The van der Waals surface area contributed by atoms with Crippen molar-refractivity contribution in [2.45, 2.75) is 38.6 Å². The van der Waals surface area contributed by atoms with Gasteiger partial charge >= 0.3 is 0 Å². The lowest BCUT2D eigenvalue weighted by Gasteiger charge is -2.33. The zero-order valence-corrected chi connectivity index (χ0v) is 13.0. The lowest BCUT2D eigenvalue weighted by atomic mass is 9.84. The summed E-state index contributed by atoms with van der Waals surface area (Å²) in [6, 6.07) is 2.13. The van der Waals surface area contributed by atoms with Crippen molar-refractivity contribution in [3.05, 3.63) is 17.5 Å². The number of carbonyl (C=O) groups excluding carboxylic acids is 1. The van der Waals surface area contributed by atoms with Gasteiger partial charge in [0.15, 0.2) is 0 Å². The average molecular weight is 278 g/mol. The lowest BCUT2D eigenvalue weighted by Crippen LogP contribution is -2.45. The molecule has 1 aromatic rings. The van der Waals surface area contributed by atoms with Crippen molar-refractivity contribution in [3.63, 3.8) is 0 Å². The Morgan fingerprint density at radius 1 is 1.45 bits per heavy atom. The van der Waals surface area contributed by atoms with Crippen LogP contribution in [0.4, 0.5) is 0 Å². The largest absolute Gasteiger partial charge is 0.348 e. The van der Waals surface area contributed by atoms with E-state index in [4.69, 9.17) is 0 Å². The minimum absolute atomic E-state index is 0.0376. The maximum absolute atomic E-state index is 12.3. The summed E-state index contributed by atoms with van der Waals surface area (Å²) in [5.74, 6) is 0.511. The van der Waals surface area contributed by atoms with E-state index in [0.717, 1.165) is 18.7 Å². The fraction of sp³-hybridized carbons (Fsp3) is 0.733. The van der Waals surface area contributed by atoms with E-state index in [-0.39, 0.29) is 11.9 Å². The molecule has 0 spiro atoms. The molecule has 0 saturated heterocycles. The summed E-state index contributed by atoms with van der Waals surface area (Å²) in [6.45, 7) is 2.99. The van der Waals surface area contributed by atoms with Crippen molar-refractivity contribution in [3.8, 4) is 0 Å². The fourth-order valence-corrected chi connectivity index (χ4v) is 3.00. The summed E-state index contributed by atoms with van der Waals surface area (Å²) in [4.78, 5) is 14.5. The molecule has 1 aliphatic rings. The van der Waals surface area contributed by atoms with E-state index >= 15 is 0 Å². The Morgan fingerprint density at radius 3 is 2.75 bits per heavy atom. The molecule has 1 aromatic heterocycles. The second-order valence-electron chi connectivity index (χ2n) is 6.18. The maximum Gasteiger partial charge on any atom is 0.272 e. The van der Waals surface area contributed by atoms with Crippen LogP contribution in [0.1, 0.15) is 41.9 Å². The Hall–Kier alpha value is -1.36. The number of hydrogen-bond donors (Lipinski definition) is 1. The molecule has 5 heteroatoms. The minimum Gasteiger partial charge on any atom is -0.348 e. The van der Waals surface area contributed by atoms with Gasteiger partial charge in [0.2, 0.25) is 0 Å². The first-order valence-corrected chi connectivity index (χ1v) is 7.43. The molecule has 2 atom stereocenters. The van der Waals surface area contributed by atoms with Gasteiger partial charge in [-0.1, -0.05) is 12.8 Å². The van der Waals surface area contributed by atoms with Gasteiger partial charge in [-0.05, 0) is 45.8 Å². The molecule has 1 saturated carbocycles. The number of nitrogens with zero attached hydrogens (tertiary/aromatic N) is 3. The topological polar surface area (TPSA) is 50.2 Å². The molecule has 1 N–H and O–H groups in total. The summed E-state index contributed by atoms with van der Waals surface area (Å²) in [6.07, 6.45) is 4.75. The SMILES string of the molecule is Cc1cc(C(=O)NC2CCCCC2CN(C)C)nn1C. The molecule has 5 nitrogen and oxygen atoms in total. The fourth-order valence-electron chi connectivity index (χ4n) is 3.00. The van der Waals surface area contributed by atoms with E-state index in [1.165, 1.54) is 19.3 Å². The number of aryl methyl sites for hydroxylation is 2. The van der Waals surface area contributed by atoms with Crippen molar-refractivity contribution >= 4 is 5.91 Å². The van der Waals surface area contributed by atoms with E-state index in [2.05, 4.69) is 29.4 Å². The van der Waals surface area contributed by atoms with Crippen molar-refractivity contribution in [2.24, 2.45) is 13.0 Å². The van der Waals surface area contributed by atoms with Crippen LogP contribution < -0.4 is 5.32 Å². The first-order chi connectivity index (χ1) is 9.47. The van der Waals surface area contributed by atoms with Gasteiger partial charge in [-0.3, -0.25) is 9.48 Å². The van der Waals surface area contributed by atoms with E-state index in [9.17, 15) is 4.79 Å². The Morgan fingerprint density at radius 2 is 2.15 bits per heavy atom. The molecule has 20 heavy (non-hydrogen) atoms. The number of aromatic nitrogens is 2. The molecule has 1 heterocycles. The number of amides is 1. The summed E-state index contributed by atoms with van der Waals surface area (Å²) in [5.41, 5.74) is 1.53. The highest BCUT2D eigenvalue weighted by molar-refractivity contribution is 5.92. The van der Waals surface area contributed by atoms with Crippen LogP contribution >= 0.6 is 0 Å². The lowest BCUT2D eigenvalue weighted by molar-refractivity contribution is 0.0889. The predicted molar refractivity (Wildman–Crippen MR) is 79.7 cm³/mol. The second kappa shape index (κ2) is 6.39. The van der Waals surface area contributed by atoms with E-state index in [1.54, 1.807) is 4.68 Å². The summed E-state index contributed by atoms with van der Waals surface area (Å²) in [5, 5.41) is 7.45. The summed E-state index contributed by atoms with van der Waals surface area (Å²) >= 11 is 0. The smallest absolute Gasteiger partial charge is 0.272 e. The molecule has 0 aromatic carbocycles. The van der Waals surface area contributed by atoms with Crippen LogP contribution in [0.25, 0.3) is 0 Å². The minimum atomic E-state index is -0.0376. The molecular weight excluding hydrogens is 252 g/mol. The molecule has 2 unspecified atom stereocenters. The highest BCUT2D eigenvalue weighted by Gasteiger charge is 2.27. The normalized spacial score (nSPS) is 23.1. The van der Waals surface area contributed by atoms with Crippen molar-refractivity contribution in [1.29, 1.82) is 0 Å². The zero-order chi connectivity index (χ0) is 14.7. The second-order valence-corrected chi connectivity index (χ2v) is 6.18. The van der Waals surface area contributed by atoms with Gasteiger partial charge in [0.05, 0.1) is 0 Å². The highest BCUT2D eigenvalue weighted by atomic mass is 16.2. The quantitative estimate of drug-likeness (QED) is 0.909. The van der Waals surface area contributed by atoms with E-state index in [1.807, 2.05) is 20.0 Å². The number of carbonyl (C=O) groups is 1. The van der Waals surface area contributed by atoms with Gasteiger partial charge in [0.25, 0.3) is 5.91 Å². The van der Waals surface area contributed by atoms with Gasteiger partial charge < -0.3 is 10.2 Å². The van der Waals surface area contributed by atoms with Crippen LogP contribution in [0, 0.1) is 12.8 Å². The van der Waals surface area contributed by atoms with E-state index < -0.39 is 0 Å². The van der Waals surface area contributed by atoms with Crippen molar-refractivity contribution < 1.29 is 4.79 Å². The zero-order valence-electron chi connectivity index (χ0n) is 13.0. The van der Waals surface area contributed by atoms with Gasteiger partial charge in [0.1, 0.15) is 5.69 Å². The first-order valence-electron chi connectivity index (χ1n) is 7.43. The van der Waals surface area contributed by atoms with Crippen molar-refractivity contribution in [2.75, 3.05) is 20.6 Å². The van der Waals surface area contributed by atoms with Crippen LogP contribution in [0.15, 0.2) is 6.07 Å². The van der Waals surface area contributed by atoms with Gasteiger partial charge in [0, 0.05) is 25.3 Å². The summed E-state index contributed by atoms with van der Waals surface area (Å²) < 4.78 is 1.74. The van der Waals surface area contributed by atoms with Crippen LogP contribution in [0.2, 0.25) is 0 Å². The Kier molecular flexibility index (Phi) is 4.81. The molecule has 112 valence electrons. The highest BCUT2D eigenvalue weighted by Crippen LogP contribution is 2.25. The molecule has 1 aliphatic carbocycles. The third-order valence-electron chi connectivity index (χ3n) is 4.17. The van der Waals surface area contributed by atoms with Crippen LogP contribution in [-0.4, -0.2) is 47.3 Å². The molecule has 0 aliphatic heterocycles. The summed E-state index contributed by atoms with van der Waals surface area (Å²) in [7, 11) is 6.05. The molecular formula is C15H26N4O. The maximum atomic E-state index is 12.3. The third kappa shape index (κ3) is 3.60. The third-order valence-corrected chi connectivity index (χ3v) is 4.17. The van der Waals surface area contributed by atoms with Crippen LogP contribution in [-0.2, 0) is 7.05 Å². The van der Waals surface area contributed by atoms with Crippen molar-refractivity contribution in [1.82, 2.24) is 20.0 Å². The van der Waals surface area contributed by atoms with Gasteiger partial charge in [-0.25, -0.2) is 0 Å². The number of hydrogen-bond acceptors (Lipinski definition) is 3. The average Bonchev–Trinajstić information content (AvgIpc) is 2.71. The standard InChI is InChI=1S/C15H26N4O/c1-11-9-14(17-19(11)4)15(20)16-13-8-6-5-7-12(13)10-18(2)3/h9,12-13H,5-8,10H2,1-4H3,(H,16,20). The Balaban J connectivity index is 2.00. The Labute approximate surface area is 121 Å². The van der Waals surface area contributed by atoms with Gasteiger partial charge in [-0.2, -0.15) is 5.10 Å². The monoisotopic (exact) mass is 278 g/mol. The van der Waals surface area contributed by atoms with Gasteiger partial charge in [-0.15, -0.1) is 0 Å². The molecule has 1 amide bonds.